The van der Waals surface area contributed by atoms with Crippen LogP contribution in [0.25, 0.3) is 0 Å². The maximum atomic E-state index is 12.3. The van der Waals surface area contributed by atoms with Crippen molar-refractivity contribution < 1.29 is 19.0 Å². The highest BCUT2D eigenvalue weighted by Crippen LogP contribution is 2.39. The van der Waals surface area contributed by atoms with Crippen molar-refractivity contribution in [1.82, 2.24) is 5.32 Å². The molecule has 1 rings (SSSR count). The smallest absolute Gasteiger partial charge is 0.255 e. The van der Waals surface area contributed by atoms with Gasteiger partial charge >= 0.3 is 0 Å². The van der Waals surface area contributed by atoms with Crippen LogP contribution in [0.5, 0.6) is 17.2 Å². The van der Waals surface area contributed by atoms with Crippen LogP contribution in [0.1, 0.15) is 23.7 Å². The molecule has 0 spiro atoms. The minimum atomic E-state index is -0.211. The first-order valence-electron chi connectivity index (χ1n) is 6.86. The lowest BCUT2D eigenvalue weighted by Gasteiger charge is -2.16. The summed E-state index contributed by atoms with van der Waals surface area (Å²) in [6.45, 7) is 3.21. The minimum Gasteiger partial charge on any atom is -0.493 e. The highest BCUT2D eigenvalue weighted by atomic mass is 16.5. The lowest BCUT2D eigenvalue weighted by atomic mass is 10.1. The van der Waals surface area contributed by atoms with E-state index in [9.17, 15) is 4.79 Å². The van der Waals surface area contributed by atoms with Crippen molar-refractivity contribution >= 4 is 5.91 Å². The van der Waals surface area contributed by atoms with E-state index in [4.69, 9.17) is 19.9 Å². The van der Waals surface area contributed by atoms with Gasteiger partial charge in [0.25, 0.3) is 5.91 Å². The summed E-state index contributed by atoms with van der Waals surface area (Å²) in [7, 11) is 4.53. The lowest BCUT2D eigenvalue weighted by molar-refractivity contribution is 0.0944. The van der Waals surface area contributed by atoms with Crippen LogP contribution in [0.3, 0.4) is 0 Å². The molecule has 1 aromatic rings. The number of carbonyl (C=O) groups excluding carboxylic acids is 1. The molecule has 0 heterocycles. The zero-order valence-corrected chi connectivity index (χ0v) is 13.1. The molecular weight excluding hydrogens is 272 g/mol. The standard InChI is InChI=1S/C15H24N2O4/c1-10(7-8-16)9-17-15(18)11-5-6-12(19-2)14(21-4)13(11)20-3/h5-6,10H,7-9,16H2,1-4H3,(H,17,18). The van der Waals surface area contributed by atoms with Gasteiger partial charge in [-0.2, -0.15) is 0 Å². The van der Waals surface area contributed by atoms with Gasteiger partial charge in [-0.1, -0.05) is 6.92 Å². The Morgan fingerprint density at radius 2 is 1.86 bits per heavy atom. The van der Waals surface area contributed by atoms with E-state index >= 15 is 0 Å². The van der Waals surface area contributed by atoms with Crippen molar-refractivity contribution in [3.63, 3.8) is 0 Å². The molecule has 1 unspecified atom stereocenters. The molecule has 0 saturated carbocycles. The highest BCUT2D eigenvalue weighted by molar-refractivity contribution is 5.98. The Kier molecular flexibility index (Phi) is 6.81. The van der Waals surface area contributed by atoms with E-state index in [0.29, 0.717) is 41.8 Å². The Bertz CT molecular complexity index is 477. The minimum absolute atomic E-state index is 0.211. The summed E-state index contributed by atoms with van der Waals surface area (Å²) in [5.41, 5.74) is 5.91. The van der Waals surface area contributed by atoms with Gasteiger partial charge in [-0.3, -0.25) is 4.79 Å². The number of methoxy groups -OCH3 is 3. The third-order valence-corrected chi connectivity index (χ3v) is 3.22. The predicted molar refractivity (Wildman–Crippen MR) is 81.3 cm³/mol. The van der Waals surface area contributed by atoms with Gasteiger partial charge < -0.3 is 25.3 Å². The number of nitrogens with one attached hydrogen (secondary N) is 1. The van der Waals surface area contributed by atoms with E-state index in [1.807, 2.05) is 6.92 Å². The molecule has 3 N–H and O–H groups in total. The first-order chi connectivity index (χ1) is 10.1. The van der Waals surface area contributed by atoms with Gasteiger partial charge in [0.1, 0.15) is 0 Å². The van der Waals surface area contributed by atoms with Gasteiger partial charge in [-0.05, 0) is 31.0 Å². The largest absolute Gasteiger partial charge is 0.493 e. The molecule has 1 aromatic carbocycles. The quantitative estimate of drug-likeness (QED) is 0.758. The SMILES string of the molecule is COc1ccc(C(=O)NCC(C)CCN)c(OC)c1OC. The number of rotatable bonds is 8. The van der Waals surface area contributed by atoms with Gasteiger partial charge in [0, 0.05) is 6.54 Å². The zero-order chi connectivity index (χ0) is 15.8. The van der Waals surface area contributed by atoms with Gasteiger partial charge in [0.15, 0.2) is 11.5 Å². The van der Waals surface area contributed by atoms with Crippen LogP contribution < -0.4 is 25.3 Å². The number of amides is 1. The van der Waals surface area contributed by atoms with Crippen molar-refractivity contribution in [3.05, 3.63) is 17.7 Å². The van der Waals surface area contributed by atoms with Gasteiger partial charge in [0.2, 0.25) is 5.75 Å². The molecule has 0 aliphatic heterocycles. The van der Waals surface area contributed by atoms with Crippen LogP contribution >= 0.6 is 0 Å². The number of benzene rings is 1. The van der Waals surface area contributed by atoms with E-state index in [1.165, 1.54) is 21.3 Å². The molecule has 0 radical (unpaired) electrons. The van der Waals surface area contributed by atoms with E-state index in [2.05, 4.69) is 5.32 Å². The van der Waals surface area contributed by atoms with Crippen molar-refractivity contribution in [3.8, 4) is 17.2 Å². The Morgan fingerprint density at radius 3 is 2.38 bits per heavy atom. The maximum absolute atomic E-state index is 12.3. The van der Waals surface area contributed by atoms with Crippen molar-refractivity contribution in [2.75, 3.05) is 34.4 Å². The Hall–Kier alpha value is -1.95. The highest BCUT2D eigenvalue weighted by Gasteiger charge is 2.20. The Labute approximate surface area is 125 Å². The third kappa shape index (κ3) is 4.26. The monoisotopic (exact) mass is 296 g/mol. The van der Waals surface area contributed by atoms with Crippen LogP contribution in [0, 0.1) is 5.92 Å². The van der Waals surface area contributed by atoms with E-state index in [0.717, 1.165) is 6.42 Å². The van der Waals surface area contributed by atoms with Crippen LogP contribution in [0.15, 0.2) is 12.1 Å². The molecule has 1 amide bonds. The lowest BCUT2D eigenvalue weighted by Crippen LogP contribution is -2.29. The second kappa shape index (κ2) is 8.36. The summed E-state index contributed by atoms with van der Waals surface area (Å²) in [5, 5.41) is 2.88. The van der Waals surface area contributed by atoms with Gasteiger partial charge in [-0.25, -0.2) is 0 Å². The summed E-state index contributed by atoms with van der Waals surface area (Å²) >= 11 is 0. The van der Waals surface area contributed by atoms with Gasteiger partial charge in [0.05, 0.1) is 26.9 Å². The Morgan fingerprint density at radius 1 is 1.19 bits per heavy atom. The van der Waals surface area contributed by atoms with E-state index < -0.39 is 0 Å². The topological polar surface area (TPSA) is 82.8 Å². The van der Waals surface area contributed by atoms with Crippen LogP contribution in [0.4, 0.5) is 0 Å². The molecule has 0 aromatic heterocycles. The maximum Gasteiger partial charge on any atom is 0.255 e. The molecule has 0 bridgehead atoms. The predicted octanol–water partition coefficient (Wildman–Crippen LogP) is 1.43. The first kappa shape index (κ1) is 17.1. The number of carbonyl (C=O) groups is 1. The first-order valence-corrected chi connectivity index (χ1v) is 6.86. The molecule has 6 heteroatoms. The molecule has 0 saturated heterocycles. The number of hydrogen-bond donors (Lipinski definition) is 2. The average Bonchev–Trinajstić information content (AvgIpc) is 2.51. The summed E-state index contributed by atoms with van der Waals surface area (Å²) in [4.78, 5) is 12.3. The summed E-state index contributed by atoms with van der Waals surface area (Å²) in [5.74, 6) is 1.40. The summed E-state index contributed by atoms with van der Waals surface area (Å²) in [6.07, 6.45) is 0.864. The second-order valence-electron chi connectivity index (χ2n) is 4.77. The normalized spacial score (nSPS) is 11.7. The van der Waals surface area contributed by atoms with E-state index in [1.54, 1.807) is 12.1 Å². The molecular formula is C15H24N2O4. The van der Waals surface area contributed by atoms with Crippen LogP contribution in [0.2, 0.25) is 0 Å². The Balaban J connectivity index is 2.94. The zero-order valence-electron chi connectivity index (χ0n) is 13.1. The fraction of sp³-hybridized carbons (Fsp3) is 0.533. The molecule has 21 heavy (non-hydrogen) atoms. The van der Waals surface area contributed by atoms with Crippen molar-refractivity contribution in [1.29, 1.82) is 0 Å². The summed E-state index contributed by atoms with van der Waals surface area (Å²) < 4.78 is 15.8. The number of hydrogen-bond acceptors (Lipinski definition) is 5. The van der Waals surface area contributed by atoms with E-state index in [-0.39, 0.29) is 5.91 Å². The molecule has 118 valence electrons. The number of ether oxygens (including phenoxy) is 3. The fourth-order valence-electron chi connectivity index (χ4n) is 2.03. The van der Waals surface area contributed by atoms with Crippen LogP contribution in [-0.2, 0) is 0 Å². The van der Waals surface area contributed by atoms with Gasteiger partial charge in [-0.15, -0.1) is 0 Å². The molecule has 0 fully saturated rings. The molecule has 0 aliphatic carbocycles. The molecule has 0 aliphatic rings. The second-order valence-corrected chi connectivity index (χ2v) is 4.77. The van der Waals surface area contributed by atoms with Crippen LogP contribution in [-0.4, -0.2) is 40.3 Å². The molecule has 1 atom stereocenters. The summed E-state index contributed by atoms with van der Waals surface area (Å²) in [6, 6.07) is 3.34. The third-order valence-electron chi connectivity index (χ3n) is 3.22. The molecule has 6 nitrogen and oxygen atoms in total. The number of nitrogens with two attached hydrogens (primary N) is 1. The van der Waals surface area contributed by atoms with Crippen molar-refractivity contribution in [2.45, 2.75) is 13.3 Å². The average molecular weight is 296 g/mol. The fourth-order valence-corrected chi connectivity index (χ4v) is 2.03. The van der Waals surface area contributed by atoms with Crippen molar-refractivity contribution in [2.24, 2.45) is 11.7 Å².